The molecule has 0 spiro atoms. The van der Waals surface area contributed by atoms with Crippen LogP contribution < -0.4 is 10.1 Å². The van der Waals surface area contributed by atoms with Crippen molar-refractivity contribution in [1.82, 2.24) is 10.3 Å². The molecule has 3 aromatic rings. The highest BCUT2D eigenvalue weighted by atomic mass is 32.1. The van der Waals surface area contributed by atoms with Crippen LogP contribution in [0.2, 0.25) is 0 Å². The number of nitrogens with zero attached hydrogens (tertiary/aromatic N) is 1. The molecular weight excluding hydrogens is 324 g/mol. The van der Waals surface area contributed by atoms with Crippen molar-refractivity contribution in [2.75, 3.05) is 13.2 Å². The third-order valence-corrected chi connectivity index (χ3v) is 5.08. The van der Waals surface area contributed by atoms with Gasteiger partial charge in [-0.25, -0.2) is 4.98 Å². The number of rotatable bonds is 4. The van der Waals surface area contributed by atoms with Crippen molar-refractivity contribution in [3.05, 3.63) is 58.6 Å². The topological polar surface area (TPSA) is 71.5 Å². The Kier molecular flexibility index (Phi) is 3.92. The molecule has 1 unspecified atom stereocenters. The molecule has 4 rings (SSSR count). The highest BCUT2D eigenvalue weighted by Gasteiger charge is 2.17. The number of ether oxygens (including phenoxy) is 1. The molecule has 122 valence electrons. The molecule has 2 aromatic carbocycles. The Labute approximate surface area is 142 Å². The Morgan fingerprint density at radius 3 is 3.08 bits per heavy atom. The number of nitrogens with one attached hydrogen (secondary N) is 1. The van der Waals surface area contributed by atoms with Crippen molar-refractivity contribution >= 4 is 27.5 Å². The maximum Gasteiger partial charge on any atom is 0.280 e. The number of carbonyl (C=O) groups is 1. The molecule has 0 radical (unpaired) electrons. The van der Waals surface area contributed by atoms with E-state index >= 15 is 0 Å². The Bertz CT molecular complexity index is 873. The minimum Gasteiger partial charge on any atom is -0.493 e. The molecule has 0 aliphatic carbocycles. The van der Waals surface area contributed by atoms with E-state index in [4.69, 9.17) is 4.74 Å². The van der Waals surface area contributed by atoms with Crippen molar-refractivity contribution in [3.63, 3.8) is 0 Å². The highest BCUT2D eigenvalue weighted by molar-refractivity contribution is 7.20. The summed E-state index contributed by atoms with van der Waals surface area (Å²) in [6.45, 7) is 0.831. The summed E-state index contributed by atoms with van der Waals surface area (Å²) in [5, 5.41) is 13.5. The van der Waals surface area contributed by atoms with E-state index < -0.39 is 6.10 Å². The number of benzene rings is 2. The summed E-state index contributed by atoms with van der Waals surface area (Å²) in [5.74, 6) is 0.615. The summed E-state index contributed by atoms with van der Waals surface area (Å²) < 4.78 is 6.43. The van der Waals surface area contributed by atoms with Gasteiger partial charge < -0.3 is 15.2 Å². The average molecular weight is 340 g/mol. The number of thiazole rings is 1. The molecule has 0 saturated carbocycles. The van der Waals surface area contributed by atoms with Gasteiger partial charge in [-0.2, -0.15) is 0 Å². The molecule has 1 aliphatic heterocycles. The molecule has 1 atom stereocenters. The fourth-order valence-corrected chi connectivity index (χ4v) is 3.65. The molecule has 0 bridgehead atoms. The first-order chi connectivity index (χ1) is 11.7. The minimum absolute atomic E-state index is 0.147. The second-order valence-corrected chi connectivity index (χ2v) is 6.71. The van der Waals surface area contributed by atoms with Gasteiger partial charge >= 0.3 is 0 Å². The van der Waals surface area contributed by atoms with Crippen LogP contribution in [0.5, 0.6) is 5.75 Å². The summed E-state index contributed by atoms with van der Waals surface area (Å²) in [6.07, 6.45) is 0.0998. The summed E-state index contributed by atoms with van der Waals surface area (Å²) in [6, 6.07) is 13.3. The second-order valence-electron chi connectivity index (χ2n) is 5.68. The lowest BCUT2D eigenvalue weighted by Crippen LogP contribution is -2.28. The first kappa shape index (κ1) is 15.1. The quantitative estimate of drug-likeness (QED) is 0.766. The van der Waals surface area contributed by atoms with E-state index in [9.17, 15) is 9.90 Å². The van der Waals surface area contributed by atoms with Crippen LogP contribution in [0.4, 0.5) is 0 Å². The Balaban J connectivity index is 1.43. The van der Waals surface area contributed by atoms with Crippen molar-refractivity contribution < 1.29 is 14.6 Å². The van der Waals surface area contributed by atoms with Crippen LogP contribution in [0.25, 0.3) is 10.2 Å². The fourth-order valence-electron chi connectivity index (χ4n) is 2.77. The number of aliphatic hydroxyl groups is 1. The average Bonchev–Trinajstić information content (AvgIpc) is 3.24. The van der Waals surface area contributed by atoms with Gasteiger partial charge in [0, 0.05) is 13.0 Å². The fraction of sp³-hybridized carbons (Fsp3) is 0.222. The van der Waals surface area contributed by atoms with E-state index in [-0.39, 0.29) is 12.5 Å². The molecule has 1 aromatic heterocycles. The number of amides is 1. The zero-order chi connectivity index (χ0) is 16.5. The maximum atomic E-state index is 12.2. The van der Waals surface area contributed by atoms with Crippen LogP contribution in [-0.2, 0) is 6.42 Å². The van der Waals surface area contributed by atoms with Gasteiger partial charge in [-0.3, -0.25) is 4.79 Å². The summed E-state index contributed by atoms with van der Waals surface area (Å²) >= 11 is 1.35. The number of fused-ring (bicyclic) bond motifs is 2. The van der Waals surface area contributed by atoms with Crippen LogP contribution in [0.1, 0.15) is 27.0 Å². The van der Waals surface area contributed by atoms with E-state index in [1.54, 1.807) is 0 Å². The third kappa shape index (κ3) is 2.86. The van der Waals surface area contributed by atoms with Crippen molar-refractivity contribution in [2.24, 2.45) is 0 Å². The molecule has 2 heterocycles. The lowest BCUT2D eigenvalue weighted by Gasteiger charge is -2.12. The number of aromatic nitrogens is 1. The van der Waals surface area contributed by atoms with Crippen molar-refractivity contribution in [1.29, 1.82) is 0 Å². The molecule has 0 saturated heterocycles. The van der Waals surface area contributed by atoms with Gasteiger partial charge in [0.05, 0.1) is 22.9 Å². The number of carbonyl (C=O) groups excluding carboxylic acids is 1. The minimum atomic E-state index is -0.755. The van der Waals surface area contributed by atoms with Crippen LogP contribution in [-0.4, -0.2) is 29.1 Å². The first-order valence-electron chi connectivity index (χ1n) is 7.78. The van der Waals surface area contributed by atoms with Gasteiger partial charge in [0.1, 0.15) is 5.75 Å². The Hall–Kier alpha value is -2.44. The van der Waals surface area contributed by atoms with E-state index in [2.05, 4.69) is 10.3 Å². The molecule has 1 aliphatic rings. The van der Waals surface area contributed by atoms with Gasteiger partial charge in [-0.05, 0) is 35.4 Å². The molecule has 2 N–H and O–H groups in total. The normalized spacial score (nSPS) is 14.2. The maximum absolute atomic E-state index is 12.2. The van der Waals surface area contributed by atoms with E-state index in [1.807, 2.05) is 42.5 Å². The molecule has 6 heteroatoms. The zero-order valence-corrected chi connectivity index (χ0v) is 13.7. The predicted octanol–water partition coefficient (Wildman–Crippen LogP) is 2.69. The van der Waals surface area contributed by atoms with Crippen molar-refractivity contribution in [2.45, 2.75) is 12.5 Å². The van der Waals surface area contributed by atoms with Gasteiger partial charge in [-0.15, -0.1) is 11.3 Å². The summed E-state index contributed by atoms with van der Waals surface area (Å²) in [7, 11) is 0. The van der Waals surface area contributed by atoms with E-state index in [0.717, 1.165) is 33.5 Å². The Morgan fingerprint density at radius 2 is 2.21 bits per heavy atom. The van der Waals surface area contributed by atoms with Gasteiger partial charge in [0.25, 0.3) is 5.91 Å². The second kappa shape index (κ2) is 6.22. The van der Waals surface area contributed by atoms with E-state index in [1.165, 1.54) is 11.3 Å². The number of hydrogen-bond donors (Lipinski definition) is 2. The standard InChI is InChI=1S/C18H16N2O3S/c21-14(11-5-6-15-12(9-11)7-8-23-15)10-19-17(22)18-20-13-3-1-2-4-16(13)24-18/h1-6,9,14,21H,7-8,10H2,(H,19,22). The Morgan fingerprint density at radius 1 is 1.33 bits per heavy atom. The highest BCUT2D eigenvalue weighted by Crippen LogP contribution is 2.28. The van der Waals surface area contributed by atoms with Crippen LogP contribution in [0.15, 0.2) is 42.5 Å². The van der Waals surface area contributed by atoms with Gasteiger partial charge in [0.15, 0.2) is 5.01 Å². The molecule has 0 fully saturated rings. The number of hydrogen-bond acceptors (Lipinski definition) is 5. The molecule has 24 heavy (non-hydrogen) atoms. The zero-order valence-electron chi connectivity index (χ0n) is 12.9. The molecule has 5 nitrogen and oxygen atoms in total. The van der Waals surface area contributed by atoms with Gasteiger partial charge in [-0.1, -0.05) is 18.2 Å². The van der Waals surface area contributed by atoms with Gasteiger partial charge in [0.2, 0.25) is 0 Å². The first-order valence-corrected chi connectivity index (χ1v) is 8.60. The molecule has 1 amide bonds. The summed E-state index contributed by atoms with van der Waals surface area (Å²) in [4.78, 5) is 16.6. The van der Waals surface area contributed by atoms with Crippen LogP contribution in [0, 0.1) is 0 Å². The summed E-state index contributed by atoms with van der Waals surface area (Å²) in [5.41, 5.74) is 2.69. The van der Waals surface area contributed by atoms with Crippen LogP contribution in [0.3, 0.4) is 0 Å². The smallest absolute Gasteiger partial charge is 0.280 e. The van der Waals surface area contributed by atoms with Crippen molar-refractivity contribution in [3.8, 4) is 5.75 Å². The lowest BCUT2D eigenvalue weighted by molar-refractivity contribution is 0.0916. The van der Waals surface area contributed by atoms with Crippen LogP contribution >= 0.6 is 11.3 Å². The van der Waals surface area contributed by atoms with E-state index in [0.29, 0.717) is 11.6 Å². The monoisotopic (exact) mass is 340 g/mol. The third-order valence-electron chi connectivity index (χ3n) is 4.04. The molecular formula is C18H16N2O3S. The lowest BCUT2D eigenvalue weighted by atomic mass is 10.0. The largest absolute Gasteiger partial charge is 0.493 e. The number of para-hydroxylation sites is 1. The predicted molar refractivity (Wildman–Crippen MR) is 92.6 cm³/mol. The number of aliphatic hydroxyl groups excluding tert-OH is 1. The SMILES string of the molecule is O=C(NCC(O)c1ccc2c(c1)CCO2)c1nc2ccccc2s1.